The number of hydrogen-bond acceptors (Lipinski definition) is 5. The first-order chi connectivity index (χ1) is 13.3. The number of halogens is 2. The third-order valence-electron chi connectivity index (χ3n) is 3.92. The molecule has 2 amide bonds. The number of esters is 1. The molecule has 2 aromatic carbocycles. The molecule has 0 spiro atoms. The zero-order valence-electron chi connectivity index (χ0n) is 14.7. The van der Waals surface area contributed by atoms with Crippen molar-refractivity contribution in [3.63, 3.8) is 0 Å². The molecule has 2 atom stereocenters. The monoisotopic (exact) mass is 390 g/mol. The Bertz CT molecular complexity index is 934. The van der Waals surface area contributed by atoms with Crippen LogP contribution >= 0.6 is 0 Å². The maximum Gasteiger partial charge on any atom is 0.310 e. The molecule has 7 nitrogen and oxygen atoms in total. The van der Waals surface area contributed by atoms with E-state index in [0.717, 1.165) is 12.1 Å². The van der Waals surface area contributed by atoms with Gasteiger partial charge in [0, 0.05) is 11.8 Å². The fourth-order valence-electron chi connectivity index (χ4n) is 2.49. The van der Waals surface area contributed by atoms with Gasteiger partial charge in [-0.25, -0.2) is 8.78 Å². The second-order valence-corrected chi connectivity index (χ2v) is 6.05. The number of fused-ring (bicyclic) bond motifs is 1. The summed E-state index contributed by atoms with van der Waals surface area (Å²) in [5.74, 6) is -3.82. The summed E-state index contributed by atoms with van der Waals surface area (Å²) in [4.78, 5) is 36.1. The SMILES string of the molecule is C[C@@H](OC(=O)C[C@H]1Oc2ccccc2NC1=O)C(=O)Nc1ccc(F)c(F)c1. The van der Waals surface area contributed by atoms with E-state index in [1.54, 1.807) is 24.3 Å². The van der Waals surface area contributed by atoms with Crippen LogP contribution in [0.3, 0.4) is 0 Å². The van der Waals surface area contributed by atoms with E-state index in [-0.39, 0.29) is 5.69 Å². The Kier molecular flexibility index (Phi) is 5.53. The summed E-state index contributed by atoms with van der Waals surface area (Å²) in [5.41, 5.74) is 0.509. The van der Waals surface area contributed by atoms with E-state index in [1.807, 2.05) is 0 Å². The van der Waals surface area contributed by atoms with Gasteiger partial charge in [-0.1, -0.05) is 12.1 Å². The van der Waals surface area contributed by atoms with Crippen LogP contribution in [0.25, 0.3) is 0 Å². The Morgan fingerprint density at radius 3 is 2.71 bits per heavy atom. The van der Waals surface area contributed by atoms with Gasteiger partial charge in [0.25, 0.3) is 11.8 Å². The van der Waals surface area contributed by atoms with E-state index in [9.17, 15) is 23.2 Å². The third kappa shape index (κ3) is 4.43. The van der Waals surface area contributed by atoms with Gasteiger partial charge >= 0.3 is 5.97 Å². The Morgan fingerprint density at radius 2 is 1.96 bits per heavy atom. The minimum atomic E-state index is -1.22. The molecule has 0 saturated carbocycles. The van der Waals surface area contributed by atoms with Crippen LogP contribution in [0.5, 0.6) is 5.75 Å². The molecule has 9 heteroatoms. The van der Waals surface area contributed by atoms with Crippen molar-refractivity contribution < 1.29 is 32.6 Å². The molecule has 3 rings (SSSR count). The summed E-state index contributed by atoms with van der Waals surface area (Å²) in [6.45, 7) is 1.31. The fourth-order valence-corrected chi connectivity index (χ4v) is 2.49. The van der Waals surface area contributed by atoms with Crippen LogP contribution in [0.1, 0.15) is 13.3 Å². The van der Waals surface area contributed by atoms with Crippen LogP contribution < -0.4 is 15.4 Å². The van der Waals surface area contributed by atoms with Crippen LogP contribution in [0.4, 0.5) is 20.2 Å². The number of hydrogen-bond donors (Lipinski definition) is 2. The molecule has 0 fully saturated rings. The number of rotatable bonds is 5. The number of carbonyl (C=O) groups is 3. The van der Waals surface area contributed by atoms with Gasteiger partial charge < -0.3 is 20.1 Å². The molecular weight excluding hydrogens is 374 g/mol. The van der Waals surface area contributed by atoms with E-state index in [2.05, 4.69) is 10.6 Å². The number of ether oxygens (including phenoxy) is 2. The maximum absolute atomic E-state index is 13.2. The van der Waals surface area contributed by atoms with Crippen LogP contribution in [-0.4, -0.2) is 30.0 Å². The van der Waals surface area contributed by atoms with Crippen molar-refractivity contribution in [2.45, 2.75) is 25.6 Å². The number of anilines is 2. The zero-order valence-corrected chi connectivity index (χ0v) is 14.7. The van der Waals surface area contributed by atoms with Gasteiger partial charge in [-0.15, -0.1) is 0 Å². The summed E-state index contributed by atoms with van der Waals surface area (Å²) in [6.07, 6.45) is -2.72. The van der Waals surface area contributed by atoms with Gasteiger partial charge in [0.05, 0.1) is 12.1 Å². The summed E-state index contributed by atoms with van der Waals surface area (Å²) in [5, 5.41) is 4.92. The van der Waals surface area contributed by atoms with Crippen molar-refractivity contribution in [2.75, 3.05) is 10.6 Å². The topological polar surface area (TPSA) is 93.7 Å². The Hall–Kier alpha value is -3.49. The first-order valence-electron chi connectivity index (χ1n) is 8.35. The maximum atomic E-state index is 13.2. The lowest BCUT2D eigenvalue weighted by Crippen LogP contribution is -2.40. The van der Waals surface area contributed by atoms with Crippen molar-refractivity contribution >= 4 is 29.2 Å². The molecule has 0 bridgehead atoms. The lowest BCUT2D eigenvalue weighted by atomic mass is 10.1. The van der Waals surface area contributed by atoms with E-state index in [0.29, 0.717) is 11.4 Å². The quantitative estimate of drug-likeness (QED) is 0.766. The Labute approximate surface area is 158 Å². The third-order valence-corrected chi connectivity index (χ3v) is 3.92. The molecule has 0 radical (unpaired) electrons. The van der Waals surface area contributed by atoms with Crippen molar-refractivity contribution in [3.05, 3.63) is 54.1 Å². The summed E-state index contributed by atoms with van der Waals surface area (Å²) < 4.78 is 36.6. The largest absolute Gasteiger partial charge is 0.478 e. The number of benzene rings is 2. The normalized spacial score (nSPS) is 16.2. The summed E-state index contributed by atoms with van der Waals surface area (Å²) in [6, 6.07) is 9.58. The second-order valence-electron chi connectivity index (χ2n) is 6.05. The van der Waals surface area contributed by atoms with Crippen LogP contribution in [0, 0.1) is 11.6 Å². The molecule has 0 saturated heterocycles. The van der Waals surface area contributed by atoms with E-state index >= 15 is 0 Å². The Balaban J connectivity index is 1.54. The molecular formula is C19H16F2N2O5. The minimum Gasteiger partial charge on any atom is -0.478 e. The molecule has 1 aliphatic heterocycles. The number of amides is 2. The molecule has 0 aromatic heterocycles. The highest BCUT2D eigenvalue weighted by molar-refractivity contribution is 6.00. The fraction of sp³-hybridized carbons (Fsp3) is 0.211. The summed E-state index contributed by atoms with van der Waals surface area (Å²) >= 11 is 0. The van der Waals surface area contributed by atoms with Gasteiger partial charge in [-0.3, -0.25) is 14.4 Å². The first kappa shape index (κ1) is 19.3. The second kappa shape index (κ2) is 8.03. The average molecular weight is 390 g/mol. The highest BCUT2D eigenvalue weighted by Crippen LogP contribution is 2.29. The predicted molar refractivity (Wildman–Crippen MR) is 94.6 cm³/mol. The lowest BCUT2D eigenvalue weighted by Gasteiger charge is -2.25. The van der Waals surface area contributed by atoms with E-state index in [1.165, 1.54) is 13.0 Å². The zero-order chi connectivity index (χ0) is 20.3. The Morgan fingerprint density at radius 1 is 1.21 bits per heavy atom. The molecule has 146 valence electrons. The van der Waals surface area contributed by atoms with Gasteiger partial charge in [-0.05, 0) is 31.2 Å². The number of carbonyl (C=O) groups excluding carboxylic acids is 3. The van der Waals surface area contributed by atoms with Gasteiger partial charge in [0.2, 0.25) is 0 Å². The molecule has 1 heterocycles. The predicted octanol–water partition coefficient (Wildman–Crippen LogP) is 2.62. The molecule has 28 heavy (non-hydrogen) atoms. The van der Waals surface area contributed by atoms with E-state index in [4.69, 9.17) is 9.47 Å². The highest BCUT2D eigenvalue weighted by Gasteiger charge is 2.31. The van der Waals surface area contributed by atoms with Gasteiger partial charge in [0.15, 0.2) is 23.8 Å². The smallest absolute Gasteiger partial charge is 0.310 e. The molecule has 1 aliphatic rings. The van der Waals surface area contributed by atoms with Crippen molar-refractivity contribution in [1.82, 2.24) is 0 Å². The van der Waals surface area contributed by atoms with Crippen LogP contribution in [-0.2, 0) is 19.1 Å². The lowest BCUT2D eigenvalue weighted by molar-refractivity contribution is -0.155. The van der Waals surface area contributed by atoms with Crippen molar-refractivity contribution in [1.29, 1.82) is 0 Å². The van der Waals surface area contributed by atoms with Gasteiger partial charge in [0.1, 0.15) is 5.75 Å². The highest BCUT2D eigenvalue weighted by atomic mass is 19.2. The van der Waals surface area contributed by atoms with Gasteiger partial charge in [-0.2, -0.15) is 0 Å². The molecule has 0 aliphatic carbocycles. The molecule has 0 unspecified atom stereocenters. The summed E-state index contributed by atoms with van der Waals surface area (Å²) in [7, 11) is 0. The number of para-hydroxylation sites is 2. The molecule has 2 aromatic rings. The van der Waals surface area contributed by atoms with Crippen LogP contribution in [0.2, 0.25) is 0 Å². The molecule has 2 N–H and O–H groups in total. The van der Waals surface area contributed by atoms with E-state index < -0.39 is 48.0 Å². The first-order valence-corrected chi connectivity index (χ1v) is 8.35. The standard InChI is InChI=1S/C19H16F2N2O5/c1-10(18(25)22-11-6-7-12(20)13(21)8-11)27-17(24)9-16-19(26)23-14-4-2-3-5-15(14)28-16/h2-8,10,16H,9H2,1H3,(H,22,25)(H,23,26)/t10-,16-/m1/s1. The average Bonchev–Trinajstić information content (AvgIpc) is 2.65. The minimum absolute atomic E-state index is 0.0124. The van der Waals surface area contributed by atoms with Crippen LogP contribution in [0.15, 0.2) is 42.5 Å². The number of nitrogens with one attached hydrogen (secondary N) is 2. The van der Waals surface area contributed by atoms with Crippen molar-refractivity contribution in [2.24, 2.45) is 0 Å². The van der Waals surface area contributed by atoms with Crippen molar-refractivity contribution in [3.8, 4) is 5.75 Å².